The first kappa shape index (κ1) is 22.9. The molecule has 0 spiro atoms. The van der Waals surface area contributed by atoms with Crippen LogP contribution in [0, 0.1) is 24.0 Å². The Morgan fingerprint density at radius 1 is 0.919 bits per heavy atom. The number of nitro groups is 1. The van der Waals surface area contributed by atoms with Crippen molar-refractivity contribution in [2.24, 2.45) is 0 Å². The van der Waals surface area contributed by atoms with E-state index in [0.29, 0.717) is 58.7 Å². The summed E-state index contributed by atoms with van der Waals surface area (Å²) in [6.07, 6.45) is 1.88. The Bertz CT molecular complexity index is 1600. The molecule has 2 aliphatic heterocycles. The van der Waals surface area contributed by atoms with E-state index in [9.17, 15) is 19.7 Å². The molecule has 4 aromatic rings. The van der Waals surface area contributed by atoms with E-state index in [1.54, 1.807) is 29.8 Å². The van der Waals surface area contributed by atoms with Crippen LogP contribution in [-0.2, 0) is 6.54 Å². The van der Waals surface area contributed by atoms with Crippen molar-refractivity contribution in [2.45, 2.75) is 33.2 Å². The van der Waals surface area contributed by atoms with Gasteiger partial charge < -0.3 is 4.90 Å². The predicted octanol–water partition coefficient (Wildman–Crippen LogP) is 5.01. The SMILES string of the molecule is Cc1nn(Cc2ccccc2)c(C)c1N1C(=O)c2cccc3c(N4CCCC4)c([N+](=O)[O-])cc(c23)C1=O. The molecule has 0 N–H and O–H groups in total. The van der Waals surface area contributed by atoms with Gasteiger partial charge in [-0.05, 0) is 38.3 Å². The van der Waals surface area contributed by atoms with E-state index in [-0.39, 0.29) is 11.3 Å². The molecular formula is C28H25N5O4. The number of nitrogens with zero attached hydrogens (tertiary/aromatic N) is 5. The Balaban J connectivity index is 1.52. The molecule has 0 bridgehead atoms. The fourth-order valence-corrected chi connectivity index (χ4v) is 5.67. The van der Waals surface area contributed by atoms with Crippen LogP contribution < -0.4 is 9.80 Å². The van der Waals surface area contributed by atoms with Crippen LogP contribution in [0.15, 0.2) is 54.6 Å². The fourth-order valence-electron chi connectivity index (χ4n) is 5.67. The van der Waals surface area contributed by atoms with Crippen LogP contribution in [-0.4, -0.2) is 39.6 Å². The van der Waals surface area contributed by atoms with Crippen molar-refractivity contribution in [1.82, 2.24) is 9.78 Å². The minimum atomic E-state index is -0.574. The highest BCUT2D eigenvalue weighted by atomic mass is 16.6. The quantitative estimate of drug-likeness (QED) is 0.219. The molecule has 37 heavy (non-hydrogen) atoms. The maximum absolute atomic E-state index is 13.9. The molecule has 2 amide bonds. The predicted molar refractivity (Wildman–Crippen MR) is 140 cm³/mol. The molecule has 1 aromatic heterocycles. The molecule has 1 fully saturated rings. The Hall–Kier alpha value is -4.53. The summed E-state index contributed by atoms with van der Waals surface area (Å²) in [7, 11) is 0. The number of amides is 2. The first-order valence-electron chi connectivity index (χ1n) is 12.3. The van der Waals surface area contributed by atoms with Crippen molar-refractivity contribution in [3.8, 4) is 0 Å². The molecule has 2 aliphatic rings. The summed E-state index contributed by atoms with van der Waals surface area (Å²) in [4.78, 5) is 42.7. The summed E-state index contributed by atoms with van der Waals surface area (Å²) >= 11 is 0. The van der Waals surface area contributed by atoms with Gasteiger partial charge in [0.05, 0.1) is 34.1 Å². The summed E-state index contributed by atoms with van der Waals surface area (Å²) in [5.74, 6) is -1.02. The van der Waals surface area contributed by atoms with Crippen LogP contribution in [0.25, 0.3) is 10.8 Å². The molecule has 0 aliphatic carbocycles. The molecule has 9 nitrogen and oxygen atoms in total. The minimum Gasteiger partial charge on any atom is -0.365 e. The van der Waals surface area contributed by atoms with Crippen molar-refractivity contribution in [2.75, 3.05) is 22.9 Å². The molecule has 186 valence electrons. The fraction of sp³-hybridized carbons (Fsp3) is 0.250. The normalized spacial score (nSPS) is 15.2. The summed E-state index contributed by atoms with van der Waals surface area (Å²) in [5, 5.41) is 17.8. The number of rotatable bonds is 5. The second-order valence-corrected chi connectivity index (χ2v) is 9.58. The zero-order chi connectivity index (χ0) is 25.8. The van der Waals surface area contributed by atoms with Crippen LogP contribution in [0.3, 0.4) is 0 Å². The summed E-state index contributed by atoms with van der Waals surface area (Å²) in [5.41, 5.74) is 3.55. The Morgan fingerprint density at radius 2 is 1.62 bits per heavy atom. The molecule has 0 saturated carbocycles. The lowest BCUT2D eigenvalue weighted by Crippen LogP contribution is -2.41. The third kappa shape index (κ3) is 3.49. The lowest BCUT2D eigenvalue weighted by atomic mass is 9.91. The number of benzene rings is 3. The van der Waals surface area contributed by atoms with E-state index in [1.807, 2.05) is 42.2 Å². The van der Waals surface area contributed by atoms with Crippen LogP contribution in [0.5, 0.6) is 0 Å². The van der Waals surface area contributed by atoms with Gasteiger partial charge >= 0.3 is 0 Å². The van der Waals surface area contributed by atoms with Gasteiger partial charge in [-0.1, -0.05) is 42.5 Å². The van der Waals surface area contributed by atoms with Crippen molar-refractivity contribution in [3.05, 3.63) is 92.8 Å². The standard InChI is InChI=1S/C28H25N5O4/c1-17-25(18(2)31(29-17)16-19-9-4-3-5-10-19)32-27(34)21-12-8-11-20-24(21)22(28(32)35)15-23(33(36)37)26(20)30-13-6-7-14-30/h3-5,8-12,15H,6-7,13-14,16H2,1-2H3. The molecule has 9 heteroatoms. The van der Waals surface area contributed by atoms with Crippen LogP contribution in [0.1, 0.15) is 50.5 Å². The third-order valence-corrected chi connectivity index (χ3v) is 7.34. The van der Waals surface area contributed by atoms with Crippen molar-refractivity contribution >= 4 is 39.6 Å². The van der Waals surface area contributed by atoms with Crippen LogP contribution in [0.4, 0.5) is 17.1 Å². The van der Waals surface area contributed by atoms with E-state index in [0.717, 1.165) is 23.3 Å². The lowest BCUT2D eigenvalue weighted by molar-refractivity contribution is -0.384. The Kier molecular flexibility index (Phi) is 5.29. The largest absolute Gasteiger partial charge is 0.365 e. The van der Waals surface area contributed by atoms with Gasteiger partial charge in [0.25, 0.3) is 17.5 Å². The van der Waals surface area contributed by atoms with Crippen molar-refractivity contribution in [3.63, 3.8) is 0 Å². The maximum Gasteiger partial charge on any atom is 0.293 e. The van der Waals surface area contributed by atoms with Crippen LogP contribution in [0.2, 0.25) is 0 Å². The van der Waals surface area contributed by atoms with Crippen molar-refractivity contribution in [1.29, 1.82) is 0 Å². The number of aryl methyl sites for hydroxylation is 1. The Morgan fingerprint density at radius 3 is 2.32 bits per heavy atom. The molecule has 0 unspecified atom stereocenters. The number of hydrogen-bond donors (Lipinski definition) is 0. The average Bonchev–Trinajstić information content (AvgIpc) is 3.51. The molecule has 3 heterocycles. The smallest absolute Gasteiger partial charge is 0.293 e. The third-order valence-electron chi connectivity index (χ3n) is 7.34. The number of carbonyl (C=O) groups excluding carboxylic acids is 2. The number of aromatic nitrogens is 2. The topological polar surface area (TPSA) is 102 Å². The molecule has 6 rings (SSSR count). The van der Waals surface area contributed by atoms with E-state index in [1.165, 1.54) is 6.07 Å². The van der Waals surface area contributed by atoms with Gasteiger partial charge in [-0.15, -0.1) is 0 Å². The maximum atomic E-state index is 13.9. The molecule has 0 radical (unpaired) electrons. The highest BCUT2D eigenvalue weighted by molar-refractivity contribution is 6.37. The molecule has 3 aromatic carbocycles. The number of imide groups is 1. The van der Waals surface area contributed by atoms with Gasteiger partial charge in [-0.25, -0.2) is 4.90 Å². The van der Waals surface area contributed by atoms with Gasteiger partial charge in [0.1, 0.15) is 5.69 Å². The van der Waals surface area contributed by atoms with Gasteiger partial charge in [-0.2, -0.15) is 5.10 Å². The van der Waals surface area contributed by atoms with Gasteiger partial charge in [-0.3, -0.25) is 24.4 Å². The zero-order valence-electron chi connectivity index (χ0n) is 20.6. The summed E-state index contributed by atoms with van der Waals surface area (Å²) < 4.78 is 1.77. The molecular weight excluding hydrogens is 470 g/mol. The average molecular weight is 496 g/mol. The van der Waals surface area contributed by atoms with E-state index < -0.39 is 16.7 Å². The van der Waals surface area contributed by atoms with Gasteiger partial charge in [0.2, 0.25) is 0 Å². The zero-order valence-corrected chi connectivity index (χ0v) is 20.6. The second-order valence-electron chi connectivity index (χ2n) is 9.58. The summed E-state index contributed by atoms with van der Waals surface area (Å²) in [6.45, 7) is 5.48. The van der Waals surface area contributed by atoms with Gasteiger partial charge in [0.15, 0.2) is 0 Å². The number of anilines is 2. The van der Waals surface area contributed by atoms with Crippen molar-refractivity contribution < 1.29 is 14.5 Å². The highest BCUT2D eigenvalue weighted by Gasteiger charge is 2.40. The first-order chi connectivity index (χ1) is 17.9. The van der Waals surface area contributed by atoms with E-state index in [2.05, 4.69) is 5.10 Å². The van der Waals surface area contributed by atoms with Crippen LogP contribution >= 0.6 is 0 Å². The molecule has 0 atom stereocenters. The lowest BCUT2D eigenvalue weighted by Gasteiger charge is -2.29. The minimum absolute atomic E-state index is 0.114. The van der Waals surface area contributed by atoms with Gasteiger partial charge in [0, 0.05) is 35.5 Å². The second kappa shape index (κ2) is 8.55. The number of nitro benzene ring substituents is 1. The van der Waals surface area contributed by atoms with E-state index >= 15 is 0 Å². The van der Waals surface area contributed by atoms with E-state index in [4.69, 9.17) is 0 Å². The number of hydrogen-bond acceptors (Lipinski definition) is 6. The summed E-state index contributed by atoms with van der Waals surface area (Å²) in [6, 6.07) is 16.3. The molecule has 1 saturated heterocycles. The first-order valence-corrected chi connectivity index (χ1v) is 12.3. The number of carbonyl (C=O) groups is 2. The highest BCUT2D eigenvalue weighted by Crippen LogP contribution is 2.44. The monoisotopic (exact) mass is 495 g/mol. The Labute approximate surface area is 213 Å².